The predicted octanol–water partition coefficient (Wildman–Crippen LogP) is 7.81. The van der Waals surface area contributed by atoms with Crippen molar-refractivity contribution in [1.29, 1.82) is 0 Å². The topological polar surface area (TPSA) is 59.7 Å². The molecule has 1 aromatic carbocycles. The van der Waals surface area contributed by atoms with Crippen molar-refractivity contribution >= 4 is 29.3 Å². The van der Waals surface area contributed by atoms with Gasteiger partial charge >= 0.3 is 12.4 Å². The van der Waals surface area contributed by atoms with E-state index < -0.39 is 58.3 Å². The van der Waals surface area contributed by atoms with Crippen LogP contribution in [-0.4, -0.2) is 30.5 Å². The highest BCUT2D eigenvalue weighted by Crippen LogP contribution is 2.41. The first-order chi connectivity index (χ1) is 16.7. The molecule has 0 saturated carbocycles. The number of rotatable bonds is 7. The Morgan fingerprint density at radius 2 is 1.86 bits per heavy atom. The van der Waals surface area contributed by atoms with Gasteiger partial charge in [-0.3, -0.25) is 0 Å². The zero-order chi connectivity index (χ0) is 27.3. The van der Waals surface area contributed by atoms with Crippen LogP contribution in [0.15, 0.2) is 69.7 Å². The third-order valence-corrected chi connectivity index (χ3v) is 4.52. The van der Waals surface area contributed by atoms with Gasteiger partial charge in [-0.1, -0.05) is 35.5 Å². The second-order valence-electron chi connectivity index (χ2n) is 6.62. The average Bonchev–Trinajstić information content (AvgIpc) is 3.16. The molecular formula is C22H16ClF8N3O2. The van der Waals surface area contributed by atoms with Crippen LogP contribution in [0.25, 0.3) is 17.3 Å². The van der Waals surface area contributed by atoms with E-state index in [0.29, 0.717) is 13.2 Å². The third-order valence-electron chi connectivity index (χ3n) is 4.20. The molecule has 0 aliphatic carbocycles. The normalized spacial score (nSPS) is 14.2. The number of ether oxygens (including phenoxy) is 1. The summed E-state index contributed by atoms with van der Waals surface area (Å²) in [6.45, 7) is 4.43. The second-order valence-corrected chi connectivity index (χ2v) is 7.02. The summed E-state index contributed by atoms with van der Waals surface area (Å²) in [4.78, 5) is 3.21. The van der Waals surface area contributed by atoms with Crippen LogP contribution in [0.1, 0.15) is 12.7 Å². The number of halogens is 9. The lowest BCUT2D eigenvalue weighted by Crippen LogP contribution is -2.25. The lowest BCUT2D eigenvalue weighted by Gasteiger charge is -2.15. The molecule has 0 aliphatic rings. The number of hydrogen-bond acceptors (Lipinski definition) is 5. The van der Waals surface area contributed by atoms with Crippen molar-refractivity contribution < 1.29 is 44.4 Å². The van der Waals surface area contributed by atoms with E-state index in [2.05, 4.69) is 21.5 Å². The summed E-state index contributed by atoms with van der Waals surface area (Å²) in [5.74, 6) is -4.90. The van der Waals surface area contributed by atoms with E-state index in [1.54, 1.807) is 0 Å². The van der Waals surface area contributed by atoms with Gasteiger partial charge in [-0.05, 0) is 31.2 Å². The predicted molar refractivity (Wildman–Crippen MR) is 117 cm³/mol. The van der Waals surface area contributed by atoms with Crippen molar-refractivity contribution in [3.63, 3.8) is 0 Å². The van der Waals surface area contributed by atoms with Gasteiger partial charge in [0, 0.05) is 11.8 Å². The van der Waals surface area contributed by atoms with Gasteiger partial charge in [-0.2, -0.15) is 26.3 Å². The molecule has 14 heteroatoms. The number of aromatic nitrogens is 1. The molecule has 0 saturated heterocycles. The monoisotopic (exact) mass is 541 g/mol. The molecule has 0 aliphatic heterocycles. The number of allylic oxidation sites excluding steroid dienone is 5. The molecule has 0 amide bonds. The number of benzene rings is 1. The van der Waals surface area contributed by atoms with Crippen LogP contribution in [0.4, 0.5) is 40.8 Å². The van der Waals surface area contributed by atoms with Crippen molar-refractivity contribution in [3.05, 3.63) is 76.8 Å². The Morgan fingerprint density at radius 3 is 2.36 bits per heavy atom. The summed E-state index contributed by atoms with van der Waals surface area (Å²) >= 11 is 5.94. The maximum atomic E-state index is 14.5. The fourth-order valence-electron chi connectivity index (χ4n) is 2.59. The summed E-state index contributed by atoms with van der Waals surface area (Å²) in [5.41, 5.74) is -4.26. The molecule has 0 bridgehead atoms. The number of aliphatic imine (C=N–C) groups is 1. The summed E-state index contributed by atoms with van der Waals surface area (Å²) < 4.78 is 118. The fraction of sp³-hybridized carbons (Fsp3) is 0.182. The van der Waals surface area contributed by atoms with Crippen molar-refractivity contribution in [2.75, 3.05) is 7.11 Å². The Hall–Kier alpha value is -3.61. The fourth-order valence-corrected chi connectivity index (χ4v) is 2.84. The van der Waals surface area contributed by atoms with Crippen LogP contribution in [0, 0.1) is 5.82 Å². The standard InChI is InChI=1S/C22H16ClF8N3O2/c1-4-11(24)9-12(5-2)32-16(21(26,27)28)10-15-18(33-20(35-3)22(29,30)31)19(34-36-15)17-13(23)7-6-8-14(17)25/h4-10,32H,1H2,2-3H3/b11-9+,12-5+,16-10+,33-20?. The summed E-state index contributed by atoms with van der Waals surface area (Å²) in [5, 5.41) is 4.97. The molecule has 1 aromatic heterocycles. The highest BCUT2D eigenvalue weighted by molar-refractivity contribution is 6.33. The SMILES string of the molecule is C=C/C(F)=C\C(=C/C)N/C(=C/c1onc(-c2c(F)cccc2Cl)c1N=C(OC)C(F)(F)F)C(F)(F)F. The van der Waals surface area contributed by atoms with Crippen LogP contribution in [0.2, 0.25) is 5.02 Å². The molecule has 194 valence electrons. The Balaban J connectivity index is 2.84. The van der Waals surface area contributed by atoms with E-state index in [0.717, 1.165) is 18.2 Å². The number of methoxy groups -OCH3 is 1. The van der Waals surface area contributed by atoms with E-state index in [-0.39, 0.29) is 16.8 Å². The Labute approximate surface area is 204 Å². The lowest BCUT2D eigenvalue weighted by molar-refractivity contribution is -0.0947. The molecule has 2 aromatic rings. The molecule has 5 nitrogen and oxygen atoms in total. The second kappa shape index (κ2) is 11.4. The minimum atomic E-state index is -5.18. The largest absolute Gasteiger partial charge is 0.478 e. The Bertz CT molecular complexity index is 1220. The molecule has 1 heterocycles. The quantitative estimate of drug-likeness (QED) is 0.168. The molecule has 0 spiro atoms. The van der Waals surface area contributed by atoms with Gasteiger partial charge in [0.05, 0.1) is 17.7 Å². The van der Waals surface area contributed by atoms with Gasteiger partial charge in [0.15, 0.2) is 5.76 Å². The van der Waals surface area contributed by atoms with Gasteiger partial charge in [0.1, 0.15) is 28.7 Å². The van der Waals surface area contributed by atoms with E-state index in [1.807, 2.05) is 5.32 Å². The first-order valence-electron chi connectivity index (χ1n) is 9.58. The van der Waals surface area contributed by atoms with Gasteiger partial charge in [0.2, 0.25) is 0 Å². The van der Waals surface area contributed by atoms with E-state index in [1.165, 1.54) is 19.1 Å². The third kappa shape index (κ3) is 6.97. The highest BCUT2D eigenvalue weighted by atomic mass is 35.5. The highest BCUT2D eigenvalue weighted by Gasteiger charge is 2.39. The maximum absolute atomic E-state index is 14.5. The number of alkyl halides is 6. The first kappa shape index (κ1) is 28.6. The van der Waals surface area contributed by atoms with Crippen molar-refractivity contribution in [3.8, 4) is 11.3 Å². The van der Waals surface area contributed by atoms with Crippen LogP contribution >= 0.6 is 11.6 Å². The van der Waals surface area contributed by atoms with Crippen LogP contribution in [-0.2, 0) is 4.74 Å². The van der Waals surface area contributed by atoms with Crippen LogP contribution in [0.3, 0.4) is 0 Å². The number of hydrogen-bond donors (Lipinski definition) is 1. The molecular weight excluding hydrogens is 526 g/mol. The molecule has 0 atom stereocenters. The minimum Gasteiger partial charge on any atom is -0.478 e. The average molecular weight is 542 g/mol. The van der Waals surface area contributed by atoms with Gasteiger partial charge in [-0.25, -0.2) is 13.8 Å². The summed E-state index contributed by atoms with van der Waals surface area (Å²) in [6.07, 6.45) is -7.61. The molecule has 2 rings (SSSR count). The Morgan fingerprint density at radius 1 is 1.19 bits per heavy atom. The molecule has 1 N–H and O–H groups in total. The molecule has 0 fully saturated rings. The molecule has 36 heavy (non-hydrogen) atoms. The molecule has 0 radical (unpaired) electrons. The maximum Gasteiger partial charge on any atom is 0.468 e. The van der Waals surface area contributed by atoms with Crippen molar-refractivity contribution in [1.82, 2.24) is 10.5 Å². The van der Waals surface area contributed by atoms with E-state index in [4.69, 9.17) is 16.1 Å². The first-order valence-corrected chi connectivity index (χ1v) is 9.96. The lowest BCUT2D eigenvalue weighted by atomic mass is 10.1. The number of nitrogens with zero attached hydrogens (tertiary/aromatic N) is 2. The van der Waals surface area contributed by atoms with Crippen LogP contribution < -0.4 is 5.32 Å². The zero-order valence-corrected chi connectivity index (χ0v) is 19.1. The summed E-state index contributed by atoms with van der Waals surface area (Å²) in [7, 11) is 0.618. The molecule has 0 unspecified atom stereocenters. The smallest absolute Gasteiger partial charge is 0.468 e. The zero-order valence-electron chi connectivity index (χ0n) is 18.4. The Kier molecular flexibility index (Phi) is 9.08. The summed E-state index contributed by atoms with van der Waals surface area (Å²) in [6, 6.07) is 3.24. The van der Waals surface area contributed by atoms with Gasteiger partial charge < -0.3 is 14.6 Å². The van der Waals surface area contributed by atoms with Gasteiger partial charge in [-0.15, -0.1) is 0 Å². The minimum absolute atomic E-state index is 0.219. The van der Waals surface area contributed by atoms with Crippen molar-refractivity contribution in [2.45, 2.75) is 19.3 Å². The van der Waals surface area contributed by atoms with E-state index in [9.17, 15) is 35.1 Å². The van der Waals surface area contributed by atoms with E-state index >= 15 is 0 Å². The van der Waals surface area contributed by atoms with Gasteiger partial charge in [0.25, 0.3) is 5.90 Å². The van der Waals surface area contributed by atoms with Crippen molar-refractivity contribution in [2.24, 2.45) is 4.99 Å². The van der Waals surface area contributed by atoms with Crippen LogP contribution in [0.5, 0.6) is 0 Å². The number of nitrogens with one attached hydrogen (secondary N) is 1.